The molecule has 0 fully saturated rings. The number of aryl methyl sites for hydroxylation is 2. The summed E-state index contributed by atoms with van der Waals surface area (Å²) in [4.78, 5) is 25.7. The van der Waals surface area contributed by atoms with E-state index in [4.69, 9.17) is 4.74 Å². The Labute approximate surface area is 94.4 Å². The van der Waals surface area contributed by atoms with E-state index in [2.05, 4.69) is 4.98 Å². The van der Waals surface area contributed by atoms with Crippen LogP contribution in [0.3, 0.4) is 0 Å². The number of imidazole rings is 1. The second-order valence-corrected chi connectivity index (χ2v) is 3.62. The smallest absolute Gasteiger partial charge is 0.313 e. The number of rotatable bonds is 6. The average Bonchev–Trinajstić information content (AvgIpc) is 2.58. The van der Waals surface area contributed by atoms with Crippen LogP contribution in [0.2, 0.25) is 0 Å². The first-order chi connectivity index (χ1) is 7.59. The number of hydrogen-bond acceptors (Lipinski definition) is 4. The number of hydrogen-bond donors (Lipinski definition) is 0. The molecule has 0 atom stereocenters. The molecule has 1 aromatic heterocycles. The van der Waals surface area contributed by atoms with Gasteiger partial charge in [0.1, 0.15) is 18.0 Å². The van der Waals surface area contributed by atoms with Gasteiger partial charge in [0.05, 0.1) is 6.61 Å². The summed E-state index contributed by atoms with van der Waals surface area (Å²) >= 11 is 0. The molecule has 0 aliphatic rings. The third-order valence-electron chi connectivity index (χ3n) is 2.12. The average molecular weight is 224 g/mol. The van der Waals surface area contributed by atoms with Crippen LogP contribution in [0.5, 0.6) is 0 Å². The zero-order chi connectivity index (χ0) is 12.0. The zero-order valence-corrected chi connectivity index (χ0v) is 9.60. The van der Waals surface area contributed by atoms with Gasteiger partial charge in [0, 0.05) is 18.9 Å². The lowest BCUT2D eigenvalue weighted by atomic mass is 10.3. The van der Waals surface area contributed by atoms with Gasteiger partial charge < -0.3 is 9.30 Å². The Balaban J connectivity index is 2.15. The van der Waals surface area contributed by atoms with Crippen molar-refractivity contribution in [1.29, 1.82) is 0 Å². The van der Waals surface area contributed by atoms with Gasteiger partial charge in [-0.2, -0.15) is 0 Å². The van der Waals surface area contributed by atoms with Crippen molar-refractivity contribution in [1.82, 2.24) is 9.55 Å². The highest BCUT2D eigenvalue weighted by molar-refractivity contribution is 5.94. The summed E-state index contributed by atoms with van der Waals surface area (Å²) in [6.07, 6.45) is 4.20. The predicted molar refractivity (Wildman–Crippen MR) is 57.8 cm³/mol. The van der Waals surface area contributed by atoms with Crippen molar-refractivity contribution >= 4 is 11.8 Å². The maximum absolute atomic E-state index is 11.0. The Morgan fingerprint density at radius 3 is 2.81 bits per heavy atom. The van der Waals surface area contributed by atoms with Gasteiger partial charge in [-0.3, -0.25) is 9.59 Å². The number of carbonyl (C=O) groups is 2. The molecule has 5 heteroatoms. The monoisotopic (exact) mass is 224 g/mol. The Kier molecular flexibility index (Phi) is 4.69. The molecule has 5 nitrogen and oxygen atoms in total. The van der Waals surface area contributed by atoms with Crippen LogP contribution in [0.25, 0.3) is 0 Å². The van der Waals surface area contributed by atoms with Gasteiger partial charge in [0.2, 0.25) is 0 Å². The van der Waals surface area contributed by atoms with E-state index in [0.29, 0.717) is 6.61 Å². The van der Waals surface area contributed by atoms with Crippen LogP contribution in [-0.4, -0.2) is 27.9 Å². The Morgan fingerprint density at radius 1 is 1.50 bits per heavy atom. The van der Waals surface area contributed by atoms with E-state index in [-0.39, 0.29) is 12.2 Å². The second-order valence-electron chi connectivity index (χ2n) is 3.62. The zero-order valence-electron chi connectivity index (χ0n) is 9.60. The highest BCUT2D eigenvalue weighted by Gasteiger charge is 2.05. The van der Waals surface area contributed by atoms with Crippen molar-refractivity contribution in [2.75, 3.05) is 6.61 Å². The summed E-state index contributed by atoms with van der Waals surface area (Å²) in [5.74, 6) is 0.320. The number of carbonyl (C=O) groups excluding carboxylic acids is 2. The normalized spacial score (nSPS) is 10.1. The molecule has 0 aromatic carbocycles. The quantitative estimate of drug-likeness (QED) is 0.412. The van der Waals surface area contributed by atoms with Crippen molar-refractivity contribution in [3.8, 4) is 0 Å². The minimum atomic E-state index is -0.449. The van der Waals surface area contributed by atoms with Crippen LogP contribution in [-0.2, 0) is 20.9 Å². The Hall–Kier alpha value is -1.65. The molecule has 1 aromatic rings. The molecule has 0 radical (unpaired) electrons. The van der Waals surface area contributed by atoms with Crippen LogP contribution >= 0.6 is 0 Å². The summed E-state index contributed by atoms with van der Waals surface area (Å²) in [6, 6.07) is 0. The first kappa shape index (κ1) is 12.4. The number of ether oxygens (including phenoxy) is 1. The summed E-state index contributed by atoms with van der Waals surface area (Å²) in [6.45, 7) is 4.39. The van der Waals surface area contributed by atoms with Crippen molar-refractivity contribution in [3.05, 3.63) is 18.2 Å². The molecule has 0 aliphatic heterocycles. The van der Waals surface area contributed by atoms with E-state index in [9.17, 15) is 9.59 Å². The van der Waals surface area contributed by atoms with Gasteiger partial charge in [-0.05, 0) is 20.3 Å². The lowest BCUT2D eigenvalue weighted by Gasteiger charge is -2.05. The highest BCUT2D eigenvalue weighted by atomic mass is 16.5. The van der Waals surface area contributed by atoms with Gasteiger partial charge in [0.15, 0.2) is 0 Å². The number of ketones is 1. The fourth-order valence-corrected chi connectivity index (χ4v) is 1.32. The summed E-state index contributed by atoms with van der Waals surface area (Å²) < 4.78 is 6.88. The van der Waals surface area contributed by atoms with Crippen LogP contribution in [0.1, 0.15) is 25.6 Å². The van der Waals surface area contributed by atoms with Crippen LogP contribution in [0.4, 0.5) is 0 Å². The number of nitrogens with zero attached hydrogens (tertiary/aromatic N) is 2. The van der Waals surface area contributed by atoms with E-state index >= 15 is 0 Å². The minimum Gasteiger partial charge on any atom is -0.465 e. The minimum absolute atomic E-state index is 0.135. The van der Waals surface area contributed by atoms with E-state index in [0.717, 1.165) is 18.8 Å². The summed E-state index contributed by atoms with van der Waals surface area (Å²) in [5.41, 5.74) is 0. The lowest BCUT2D eigenvalue weighted by molar-refractivity contribution is -0.145. The van der Waals surface area contributed by atoms with Crippen LogP contribution in [0, 0.1) is 6.92 Å². The van der Waals surface area contributed by atoms with Crippen LogP contribution < -0.4 is 0 Å². The maximum atomic E-state index is 11.0. The molecule has 0 aliphatic carbocycles. The van der Waals surface area contributed by atoms with E-state index in [1.807, 2.05) is 17.7 Å². The largest absolute Gasteiger partial charge is 0.465 e. The Morgan fingerprint density at radius 2 is 2.25 bits per heavy atom. The van der Waals surface area contributed by atoms with Crippen molar-refractivity contribution in [2.45, 2.75) is 33.2 Å². The van der Waals surface area contributed by atoms with Gasteiger partial charge in [0.25, 0.3) is 0 Å². The number of Topliss-reactive ketones (excluding diaryl/α,β-unsaturated/α-hetero) is 1. The standard InChI is InChI=1S/C11H16N2O3/c1-9(14)8-11(15)16-7-3-5-13-6-4-12-10(13)2/h4,6H,3,5,7-8H2,1-2H3. The molecule has 0 saturated heterocycles. The van der Waals surface area contributed by atoms with Gasteiger partial charge in [-0.15, -0.1) is 0 Å². The van der Waals surface area contributed by atoms with E-state index in [1.165, 1.54) is 6.92 Å². The molecule has 88 valence electrons. The topological polar surface area (TPSA) is 61.2 Å². The number of aromatic nitrogens is 2. The molecule has 16 heavy (non-hydrogen) atoms. The molecule has 0 spiro atoms. The fraction of sp³-hybridized carbons (Fsp3) is 0.545. The fourth-order valence-electron chi connectivity index (χ4n) is 1.32. The van der Waals surface area contributed by atoms with Gasteiger partial charge in [-0.1, -0.05) is 0 Å². The summed E-state index contributed by atoms with van der Waals surface area (Å²) in [5, 5.41) is 0. The molecule has 0 amide bonds. The lowest BCUT2D eigenvalue weighted by Crippen LogP contribution is -2.11. The first-order valence-electron chi connectivity index (χ1n) is 5.22. The third kappa shape index (κ3) is 4.25. The third-order valence-corrected chi connectivity index (χ3v) is 2.12. The van der Waals surface area contributed by atoms with Gasteiger partial charge >= 0.3 is 5.97 Å². The molecule has 0 bridgehead atoms. The van der Waals surface area contributed by atoms with Crippen LogP contribution in [0.15, 0.2) is 12.4 Å². The van der Waals surface area contributed by atoms with Crippen molar-refractivity contribution < 1.29 is 14.3 Å². The molecular formula is C11H16N2O3. The molecule has 1 heterocycles. The maximum Gasteiger partial charge on any atom is 0.313 e. The predicted octanol–water partition coefficient (Wildman–Crippen LogP) is 1.10. The number of esters is 1. The highest BCUT2D eigenvalue weighted by Crippen LogP contribution is 1.98. The van der Waals surface area contributed by atoms with E-state index in [1.54, 1.807) is 6.20 Å². The van der Waals surface area contributed by atoms with E-state index < -0.39 is 5.97 Å². The molecule has 0 unspecified atom stereocenters. The summed E-state index contributed by atoms with van der Waals surface area (Å²) in [7, 11) is 0. The first-order valence-corrected chi connectivity index (χ1v) is 5.22. The van der Waals surface area contributed by atoms with Gasteiger partial charge in [-0.25, -0.2) is 4.98 Å². The SMILES string of the molecule is CC(=O)CC(=O)OCCCn1ccnc1C. The van der Waals surface area contributed by atoms with Crippen molar-refractivity contribution in [2.24, 2.45) is 0 Å². The molecule has 0 saturated carbocycles. The Bertz CT molecular complexity index is 371. The molecule has 0 N–H and O–H groups in total. The molecule has 1 rings (SSSR count). The second kappa shape index (κ2) is 6.05. The van der Waals surface area contributed by atoms with Crippen molar-refractivity contribution in [3.63, 3.8) is 0 Å². The molecular weight excluding hydrogens is 208 g/mol.